The van der Waals surface area contributed by atoms with Crippen molar-refractivity contribution in [2.75, 3.05) is 0 Å². The number of hydrogen-bond donors (Lipinski definition) is 0. The fraction of sp³-hybridized carbons (Fsp3) is 0.182. The van der Waals surface area contributed by atoms with E-state index >= 15 is 0 Å². The van der Waals surface area contributed by atoms with Gasteiger partial charge < -0.3 is 0 Å². The summed E-state index contributed by atoms with van der Waals surface area (Å²) in [7, 11) is 0. The molecule has 10 heteroatoms. The number of alkyl halides is 6. The molecule has 2 aromatic heterocycles. The van der Waals surface area contributed by atoms with E-state index in [4.69, 9.17) is 0 Å². The third kappa shape index (κ3) is 3.20. The van der Waals surface area contributed by atoms with Crippen LogP contribution in [0.2, 0.25) is 0 Å². The van der Waals surface area contributed by atoms with E-state index in [1.807, 2.05) is 0 Å². The van der Waals surface area contributed by atoms with Crippen LogP contribution in [0.3, 0.4) is 0 Å². The molecule has 0 radical (unpaired) electrons. The third-order valence-electron chi connectivity index (χ3n) is 2.36. The van der Waals surface area contributed by atoms with E-state index in [2.05, 4.69) is 21.6 Å². The van der Waals surface area contributed by atoms with E-state index in [1.54, 1.807) is 0 Å². The molecule has 0 amide bonds. The Balaban J connectivity index is 2.62. The Hall–Kier alpha value is -2.39. The van der Waals surface area contributed by atoms with Gasteiger partial charge in [-0.3, -0.25) is 0 Å². The summed E-state index contributed by atoms with van der Waals surface area (Å²) in [5, 5.41) is 3.67. The van der Waals surface area contributed by atoms with Crippen LogP contribution >= 0.6 is 0 Å². The highest BCUT2D eigenvalue weighted by molar-refractivity contribution is 5.56. The van der Waals surface area contributed by atoms with Gasteiger partial charge in [0, 0.05) is 11.8 Å². The van der Waals surface area contributed by atoms with Crippen LogP contribution in [-0.2, 0) is 12.4 Å². The highest BCUT2D eigenvalue weighted by atomic mass is 19.4. The van der Waals surface area contributed by atoms with Crippen LogP contribution in [0.15, 0.2) is 25.0 Å². The van der Waals surface area contributed by atoms with Gasteiger partial charge in [-0.1, -0.05) is 6.58 Å². The lowest BCUT2D eigenvalue weighted by Crippen LogP contribution is -2.15. The maximum Gasteiger partial charge on any atom is 0.433 e. The predicted octanol–water partition coefficient (Wildman–Crippen LogP) is 3.48. The molecule has 2 rings (SSSR count). The Morgan fingerprint density at radius 3 is 1.90 bits per heavy atom. The highest BCUT2D eigenvalue weighted by Gasteiger charge is 2.39. The molecule has 0 N–H and O–H groups in total. The lowest BCUT2D eigenvalue weighted by molar-refractivity contribution is -0.150. The first-order valence-corrected chi connectivity index (χ1v) is 5.32. The summed E-state index contributed by atoms with van der Waals surface area (Å²) >= 11 is 0. The summed E-state index contributed by atoms with van der Waals surface area (Å²) in [5.41, 5.74) is -3.77. The Kier molecular flexibility index (Phi) is 3.47. The number of rotatable bonds is 2. The first-order valence-electron chi connectivity index (χ1n) is 5.32. The molecule has 0 aliphatic carbocycles. The Morgan fingerprint density at radius 2 is 1.52 bits per heavy atom. The summed E-state index contributed by atoms with van der Waals surface area (Å²) in [5.74, 6) is -0.298. The Morgan fingerprint density at radius 1 is 1.00 bits per heavy atom. The Bertz CT molecular complexity index is 638. The minimum atomic E-state index is -5.02. The molecule has 0 aliphatic rings. The van der Waals surface area contributed by atoms with Gasteiger partial charge >= 0.3 is 12.4 Å². The molecule has 0 aliphatic heterocycles. The van der Waals surface area contributed by atoms with E-state index < -0.39 is 29.3 Å². The number of pyridine rings is 1. The fourth-order valence-corrected chi connectivity index (χ4v) is 1.45. The van der Waals surface area contributed by atoms with Crippen molar-refractivity contribution in [2.45, 2.75) is 12.4 Å². The second-order valence-corrected chi connectivity index (χ2v) is 3.85. The fourth-order valence-electron chi connectivity index (χ4n) is 1.45. The van der Waals surface area contributed by atoms with Crippen molar-refractivity contribution >= 4 is 6.20 Å². The Labute approximate surface area is 113 Å². The van der Waals surface area contributed by atoms with Crippen molar-refractivity contribution < 1.29 is 26.3 Å². The third-order valence-corrected chi connectivity index (χ3v) is 2.36. The van der Waals surface area contributed by atoms with Gasteiger partial charge in [0.1, 0.15) is 17.7 Å². The SMILES string of the molecule is C=Cn1cnc(-c2cc(C(F)(F)F)nc(C(F)(F)F)c2)n1. The van der Waals surface area contributed by atoms with Crippen LogP contribution in [0.4, 0.5) is 26.3 Å². The van der Waals surface area contributed by atoms with E-state index in [1.165, 1.54) is 6.20 Å². The molecule has 112 valence electrons. The van der Waals surface area contributed by atoms with Gasteiger partial charge in [0.05, 0.1) is 0 Å². The van der Waals surface area contributed by atoms with Gasteiger partial charge in [-0.25, -0.2) is 14.6 Å². The largest absolute Gasteiger partial charge is 0.433 e. The van der Waals surface area contributed by atoms with Crippen molar-refractivity contribution in [3.05, 3.63) is 36.4 Å². The molecule has 2 heterocycles. The van der Waals surface area contributed by atoms with Crippen molar-refractivity contribution in [3.63, 3.8) is 0 Å². The summed E-state index contributed by atoms with van der Waals surface area (Å²) in [4.78, 5) is 6.22. The van der Waals surface area contributed by atoms with Crippen LogP contribution in [0, 0.1) is 0 Å². The smallest absolute Gasteiger partial charge is 0.239 e. The number of halogens is 6. The zero-order chi connectivity index (χ0) is 15.8. The summed E-state index contributed by atoms with van der Waals surface area (Å²) in [6.45, 7) is 3.34. The molecule has 0 saturated heterocycles. The van der Waals surface area contributed by atoms with E-state index in [-0.39, 0.29) is 5.82 Å². The molecule has 0 saturated carbocycles. The summed E-state index contributed by atoms with van der Waals surface area (Å²) in [6.07, 6.45) is -7.75. The van der Waals surface area contributed by atoms with Gasteiger partial charge in [0.25, 0.3) is 0 Å². The molecular formula is C11H6F6N4. The second kappa shape index (κ2) is 4.86. The average Bonchev–Trinajstić information content (AvgIpc) is 2.85. The predicted molar refractivity (Wildman–Crippen MR) is 59.6 cm³/mol. The molecule has 0 unspecified atom stereocenters. The molecule has 21 heavy (non-hydrogen) atoms. The van der Waals surface area contributed by atoms with Gasteiger partial charge in [-0.2, -0.15) is 26.3 Å². The van der Waals surface area contributed by atoms with Crippen LogP contribution in [0.1, 0.15) is 11.4 Å². The van der Waals surface area contributed by atoms with E-state index in [0.717, 1.165) is 11.0 Å². The van der Waals surface area contributed by atoms with Crippen molar-refractivity contribution in [3.8, 4) is 11.4 Å². The van der Waals surface area contributed by atoms with Crippen LogP contribution in [0.5, 0.6) is 0 Å². The number of nitrogens with zero attached hydrogens (tertiary/aromatic N) is 4. The van der Waals surface area contributed by atoms with Gasteiger partial charge in [-0.05, 0) is 12.1 Å². The molecule has 0 fully saturated rings. The molecule has 2 aromatic rings. The minimum absolute atomic E-state index is 0.298. The van der Waals surface area contributed by atoms with Crippen molar-refractivity contribution in [1.82, 2.24) is 19.7 Å². The zero-order valence-corrected chi connectivity index (χ0v) is 10.1. The first kappa shape index (κ1) is 15.0. The lowest BCUT2D eigenvalue weighted by Gasteiger charge is -2.11. The maximum absolute atomic E-state index is 12.6. The van der Waals surface area contributed by atoms with Crippen molar-refractivity contribution in [2.24, 2.45) is 0 Å². The number of aromatic nitrogens is 4. The maximum atomic E-state index is 12.6. The van der Waals surface area contributed by atoms with E-state index in [9.17, 15) is 26.3 Å². The molecule has 0 atom stereocenters. The molecule has 0 spiro atoms. The average molecular weight is 308 g/mol. The van der Waals surface area contributed by atoms with Crippen LogP contribution in [0.25, 0.3) is 17.6 Å². The first-order chi connectivity index (χ1) is 9.61. The van der Waals surface area contributed by atoms with Gasteiger partial charge in [-0.15, -0.1) is 5.10 Å². The monoisotopic (exact) mass is 308 g/mol. The number of hydrogen-bond acceptors (Lipinski definition) is 3. The molecule has 0 bridgehead atoms. The molecule has 0 aromatic carbocycles. The standard InChI is InChI=1S/C11H6F6N4/c1-2-21-5-18-9(20-21)6-3-7(10(12,13)14)19-8(4-6)11(15,16)17/h2-5H,1H2. The van der Waals surface area contributed by atoms with Gasteiger partial charge in [0.2, 0.25) is 0 Å². The quantitative estimate of drug-likeness (QED) is 0.798. The molecule has 4 nitrogen and oxygen atoms in total. The second-order valence-electron chi connectivity index (χ2n) is 3.85. The van der Waals surface area contributed by atoms with Crippen molar-refractivity contribution in [1.29, 1.82) is 0 Å². The van der Waals surface area contributed by atoms with Crippen LogP contribution in [-0.4, -0.2) is 19.7 Å². The summed E-state index contributed by atoms with van der Waals surface area (Å²) in [6, 6.07) is 0.913. The van der Waals surface area contributed by atoms with Crippen LogP contribution < -0.4 is 0 Å². The topological polar surface area (TPSA) is 43.6 Å². The zero-order valence-electron chi connectivity index (χ0n) is 10.1. The summed E-state index contributed by atoms with van der Waals surface area (Å²) < 4.78 is 76.8. The molecular weight excluding hydrogens is 302 g/mol. The van der Waals surface area contributed by atoms with E-state index in [0.29, 0.717) is 12.1 Å². The normalized spacial score (nSPS) is 12.5. The lowest BCUT2D eigenvalue weighted by atomic mass is 10.1. The highest BCUT2D eigenvalue weighted by Crippen LogP contribution is 2.35. The minimum Gasteiger partial charge on any atom is -0.239 e. The van der Waals surface area contributed by atoms with Gasteiger partial charge in [0.15, 0.2) is 5.82 Å².